The monoisotopic (exact) mass is 250 g/mol. The number of hydrogen-bond acceptors (Lipinski definition) is 3. The van der Waals surface area contributed by atoms with Gasteiger partial charge >= 0.3 is 5.97 Å². The third-order valence-electron chi connectivity index (χ3n) is 3.10. The van der Waals surface area contributed by atoms with E-state index >= 15 is 0 Å². The number of para-hydroxylation sites is 1. The second kappa shape index (κ2) is 5.76. The molecule has 1 aliphatic rings. The number of carbonyl (C=O) groups is 1. The normalized spacial score (nSPS) is 15.6. The van der Waals surface area contributed by atoms with Gasteiger partial charge in [-0.05, 0) is 44.7 Å². The molecule has 4 nitrogen and oxygen atoms in total. The molecule has 1 saturated carbocycles. The average Bonchev–Trinajstić information content (AvgIpc) is 2.84. The molecule has 0 saturated heterocycles. The molecule has 98 valence electrons. The quantitative estimate of drug-likeness (QED) is 0.872. The fourth-order valence-corrected chi connectivity index (χ4v) is 2.25. The Bertz CT molecular complexity index is 422. The number of carboxylic acid groups (broad SMARTS) is 1. The Balaban J connectivity index is 2.29. The zero-order valence-corrected chi connectivity index (χ0v) is 10.5. The summed E-state index contributed by atoms with van der Waals surface area (Å²) in [5, 5.41) is 9.20. The minimum atomic E-state index is -0.982. The van der Waals surface area contributed by atoms with Crippen molar-refractivity contribution in [3.63, 3.8) is 0 Å². The van der Waals surface area contributed by atoms with Crippen LogP contribution in [0, 0.1) is 0 Å². The van der Waals surface area contributed by atoms with Crippen molar-refractivity contribution in [1.82, 2.24) is 0 Å². The van der Waals surface area contributed by atoms with Gasteiger partial charge in [0.25, 0.3) is 0 Å². The number of aromatic carboxylic acids is 1. The summed E-state index contributed by atoms with van der Waals surface area (Å²) in [4.78, 5) is 11.2. The lowest BCUT2D eigenvalue weighted by atomic mass is 10.2. The summed E-state index contributed by atoms with van der Waals surface area (Å²) in [6, 6.07) is 4.98. The Morgan fingerprint density at radius 2 is 2.11 bits per heavy atom. The summed E-state index contributed by atoms with van der Waals surface area (Å²) in [6.45, 7) is 2.36. The molecule has 0 radical (unpaired) electrons. The van der Waals surface area contributed by atoms with Crippen LogP contribution in [0.2, 0.25) is 0 Å². The molecule has 0 unspecified atom stereocenters. The fraction of sp³-hybridized carbons (Fsp3) is 0.500. The summed E-state index contributed by atoms with van der Waals surface area (Å²) in [5.74, 6) is -0.0902. The van der Waals surface area contributed by atoms with Gasteiger partial charge in [-0.1, -0.05) is 6.07 Å². The zero-order valence-electron chi connectivity index (χ0n) is 10.5. The lowest BCUT2D eigenvalue weighted by Gasteiger charge is -2.18. The Labute approximate surface area is 107 Å². The molecule has 1 aromatic carbocycles. The number of hydrogen-bond donors (Lipinski definition) is 1. The number of rotatable bonds is 5. The van der Waals surface area contributed by atoms with E-state index in [9.17, 15) is 9.90 Å². The number of benzene rings is 1. The SMILES string of the molecule is CCOc1cccc(C(=O)O)c1OC1CCCC1. The van der Waals surface area contributed by atoms with E-state index in [-0.39, 0.29) is 11.7 Å². The lowest BCUT2D eigenvalue weighted by molar-refractivity contribution is 0.0687. The maximum Gasteiger partial charge on any atom is 0.339 e. The van der Waals surface area contributed by atoms with Crippen molar-refractivity contribution in [2.45, 2.75) is 38.7 Å². The van der Waals surface area contributed by atoms with E-state index in [4.69, 9.17) is 9.47 Å². The molecule has 1 aliphatic carbocycles. The minimum absolute atomic E-state index is 0.115. The molecule has 1 aromatic rings. The Morgan fingerprint density at radius 3 is 2.72 bits per heavy atom. The minimum Gasteiger partial charge on any atom is -0.490 e. The summed E-state index contributed by atoms with van der Waals surface area (Å²) < 4.78 is 11.3. The van der Waals surface area contributed by atoms with Gasteiger partial charge in [0.05, 0.1) is 12.7 Å². The molecule has 0 amide bonds. The van der Waals surface area contributed by atoms with Crippen LogP contribution in [0.4, 0.5) is 0 Å². The van der Waals surface area contributed by atoms with Crippen LogP contribution in [0.1, 0.15) is 43.0 Å². The van der Waals surface area contributed by atoms with Crippen LogP contribution in [0.25, 0.3) is 0 Å². The van der Waals surface area contributed by atoms with Gasteiger partial charge in [0, 0.05) is 0 Å². The molecule has 1 fully saturated rings. The van der Waals surface area contributed by atoms with E-state index in [1.54, 1.807) is 18.2 Å². The number of ether oxygens (including phenoxy) is 2. The highest BCUT2D eigenvalue weighted by Gasteiger charge is 2.22. The van der Waals surface area contributed by atoms with Crippen LogP contribution in [0.5, 0.6) is 11.5 Å². The average molecular weight is 250 g/mol. The Kier molecular flexibility index (Phi) is 4.07. The first-order chi connectivity index (χ1) is 8.72. The number of carboxylic acids is 1. The molecule has 0 heterocycles. The summed E-state index contributed by atoms with van der Waals surface area (Å²) in [7, 11) is 0. The second-order valence-electron chi connectivity index (χ2n) is 4.40. The standard InChI is InChI=1S/C14H18O4/c1-2-17-12-9-5-8-11(14(15)16)13(12)18-10-6-3-4-7-10/h5,8-10H,2-4,6-7H2,1H3,(H,15,16). The molecule has 0 aromatic heterocycles. The van der Waals surface area contributed by atoms with E-state index in [2.05, 4.69) is 0 Å². The van der Waals surface area contributed by atoms with Crippen LogP contribution in [0.15, 0.2) is 18.2 Å². The maximum atomic E-state index is 11.2. The smallest absolute Gasteiger partial charge is 0.339 e. The Morgan fingerprint density at radius 1 is 1.39 bits per heavy atom. The molecule has 0 atom stereocenters. The van der Waals surface area contributed by atoms with Gasteiger partial charge in [-0.3, -0.25) is 0 Å². The van der Waals surface area contributed by atoms with Crippen LogP contribution in [-0.2, 0) is 0 Å². The third kappa shape index (κ3) is 2.75. The van der Waals surface area contributed by atoms with Crippen molar-refractivity contribution < 1.29 is 19.4 Å². The molecule has 0 aliphatic heterocycles. The highest BCUT2D eigenvalue weighted by Crippen LogP contribution is 2.35. The Hall–Kier alpha value is -1.71. The fourth-order valence-electron chi connectivity index (χ4n) is 2.25. The highest BCUT2D eigenvalue weighted by atomic mass is 16.5. The van der Waals surface area contributed by atoms with E-state index in [1.165, 1.54) is 0 Å². The van der Waals surface area contributed by atoms with Crippen LogP contribution >= 0.6 is 0 Å². The van der Waals surface area contributed by atoms with Gasteiger partial charge in [-0.25, -0.2) is 4.79 Å². The van der Waals surface area contributed by atoms with Gasteiger partial charge in [0.1, 0.15) is 5.56 Å². The van der Waals surface area contributed by atoms with Crippen LogP contribution < -0.4 is 9.47 Å². The molecule has 2 rings (SSSR count). The van der Waals surface area contributed by atoms with Gasteiger partial charge in [-0.15, -0.1) is 0 Å². The predicted octanol–water partition coefficient (Wildman–Crippen LogP) is 3.10. The summed E-state index contributed by atoms with van der Waals surface area (Å²) in [6.07, 6.45) is 4.37. The molecule has 4 heteroatoms. The third-order valence-corrected chi connectivity index (χ3v) is 3.10. The van der Waals surface area contributed by atoms with Crippen molar-refractivity contribution in [3.8, 4) is 11.5 Å². The van der Waals surface area contributed by atoms with Crippen molar-refractivity contribution in [1.29, 1.82) is 0 Å². The molecule has 0 bridgehead atoms. The van der Waals surface area contributed by atoms with Gasteiger partial charge in [0.2, 0.25) is 0 Å². The summed E-state index contributed by atoms with van der Waals surface area (Å²) in [5.41, 5.74) is 0.174. The van der Waals surface area contributed by atoms with E-state index in [0.29, 0.717) is 18.1 Å². The van der Waals surface area contributed by atoms with Crippen LogP contribution in [-0.4, -0.2) is 23.8 Å². The van der Waals surface area contributed by atoms with E-state index in [0.717, 1.165) is 25.7 Å². The van der Waals surface area contributed by atoms with Gasteiger partial charge in [0.15, 0.2) is 11.5 Å². The summed E-state index contributed by atoms with van der Waals surface area (Å²) >= 11 is 0. The topological polar surface area (TPSA) is 55.8 Å². The second-order valence-corrected chi connectivity index (χ2v) is 4.40. The largest absolute Gasteiger partial charge is 0.490 e. The van der Waals surface area contributed by atoms with Gasteiger partial charge < -0.3 is 14.6 Å². The van der Waals surface area contributed by atoms with Crippen LogP contribution in [0.3, 0.4) is 0 Å². The molecular weight excluding hydrogens is 232 g/mol. The molecule has 0 spiro atoms. The molecule has 18 heavy (non-hydrogen) atoms. The van der Waals surface area contributed by atoms with Gasteiger partial charge in [-0.2, -0.15) is 0 Å². The lowest BCUT2D eigenvalue weighted by Crippen LogP contribution is -2.14. The van der Waals surface area contributed by atoms with Crippen molar-refractivity contribution in [3.05, 3.63) is 23.8 Å². The van der Waals surface area contributed by atoms with Crippen molar-refractivity contribution in [2.75, 3.05) is 6.61 Å². The first-order valence-electron chi connectivity index (χ1n) is 6.38. The maximum absolute atomic E-state index is 11.2. The molecule has 1 N–H and O–H groups in total. The highest BCUT2D eigenvalue weighted by molar-refractivity contribution is 5.92. The van der Waals surface area contributed by atoms with E-state index < -0.39 is 5.97 Å². The van der Waals surface area contributed by atoms with Crippen molar-refractivity contribution >= 4 is 5.97 Å². The van der Waals surface area contributed by atoms with E-state index in [1.807, 2.05) is 6.92 Å². The van der Waals surface area contributed by atoms with Crippen molar-refractivity contribution in [2.24, 2.45) is 0 Å². The predicted molar refractivity (Wildman–Crippen MR) is 67.5 cm³/mol. The molecular formula is C14H18O4. The zero-order chi connectivity index (χ0) is 13.0. The first-order valence-corrected chi connectivity index (χ1v) is 6.38. The first kappa shape index (κ1) is 12.7.